The number of hydrogen-bond donors (Lipinski definition) is 0. The molecule has 0 N–H and O–H groups in total. The molecule has 2 atom stereocenters. The van der Waals surface area contributed by atoms with Gasteiger partial charge in [-0.2, -0.15) is 5.10 Å². The SMILES string of the molecule is CCC(=O)N1N=C2c3ccc(OC)cc3CC[C@@H]2[C@@H]1c1ccc(C)cc1. The van der Waals surface area contributed by atoms with E-state index in [1.165, 1.54) is 11.1 Å². The van der Waals surface area contributed by atoms with Crippen LogP contribution in [0.2, 0.25) is 0 Å². The Morgan fingerprint density at radius 3 is 2.69 bits per heavy atom. The molecule has 2 aromatic rings. The molecular formula is C22H24N2O2. The summed E-state index contributed by atoms with van der Waals surface area (Å²) in [4.78, 5) is 12.6. The van der Waals surface area contributed by atoms with Gasteiger partial charge >= 0.3 is 0 Å². The van der Waals surface area contributed by atoms with Crippen LogP contribution >= 0.6 is 0 Å². The van der Waals surface area contributed by atoms with Crippen LogP contribution in [0.5, 0.6) is 5.75 Å². The van der Waals surface area contributed by atoms with Crippen LogP contribution < -0.4 is 4.74 Å². The molecule has 0 bridgehead atoms. The van der Waals surface area contributed by atoms with Crippen LogP contribution in [-0.2, 0) is 11.2 Å². The molecule has 2 aliphatic rings. The van der Waals surface area contributed by atoms with Gasteiger partial charge in [0.15, 0.2) is 0 Å². The second kappa shape index (κ2) is 6.60. The zero-order valence-electron chi connectivity index (χ0n) is 15.5. The molecule has 0 aromatic heterocycles. The third-order valence-corrected chi connectivity index (χ3v) is 5.50. The van der Waals surface area contributed by atoms with Crippen molar-refractivity contribution in [2.75, 3.05) is 7.11 Å². The number of hydrazone groups is 1. The third kappa shape index (κ3) is 2.70. The molecule has 4 rings (SSSR count). The first kappa shape index (κ1) is 16.8. The largest absolute Gasteiger partial charge is 0.497 e. The van der Waals surface area contributed by atoms with Crippen molar-refractivity contribution < 1.29 is 9.53 Å². The number of carbonyl (C=O) groups is 1. The van der Waals surface area contributed by atoms with Crippen LogP contribution in [0.4, 0.5) is 0 Å². The fraction of sp³-hybridized carbons (Fsp3) is 0.364. The summed E-state index contributed by atoms with van der Waals surface area (Å²) in [5.41, 5.74) is 5.85. The van der Waals surface area contributed by atoms with Crippen LogP contribution in [0.25, 0.3) is 0 Å². The normalized spacial score (nSPS) is 21.0. The first-order valence-electron chi connectivity index (χ1n) is 9.26. The summed E-state index contributed by atoms with van der Waals surface area (Å²) in [5, 5.41) is 6.54. The summed E-state index contributed by atoms with van der Waals surface area (Å²) >= 11 is 0. The molecular weight excluding hydrogens is 324 g/mol. The standard InChI is InChI=1S/C22H24N2O2/c1-4-20(25)24-22(15-7-5-14(2)6-8-15)19-11-9-16-13-17(26-3)10-12-18(16)21(19)23-24/h5-8,10,12-13,19,22H,4,9,11H2,1-3H3/t19-,22-/m0/s1. The topological polar surface area (TPSA) is 41.9 Å². The number of ether oxygens (including phenoxy) is 1. The fourth-order valence-corrected chi connectivity index (χ4v) is 4.10. The lowest BCUT2D eigenvalue weighted by atomic mass is 9.77. The molecule has 0 fully saturated rings. The summed E-state index contributed by atoms with van der Waals surface area (Å²) in [7, 11) is 1.69. The van der Waals surface area contributed by atoms with Gasteiger partial charge in [-0.15, -0.1) is 0 Å². The van der Waals surface area contributed by atoms with E-state index in [1.54, 1.807) is 12.1 Å². The Hall–Kier alpha value is -2.62. The minimum atomic E-state index is -0.00620. The first-order chi connectivity index (χ1) is 12.6. The molecule has 0 unspecified atom stereocenters. The highest BCUT2D eigenvalue weighted by molar-refractivity contribution is 6.07. The molecule has 1 aliphatic carbocycles. The summed E-state index contributed by atoms with van der Waals surface area (Å²) in [6.07, 6.45) is 2.43. The lowest BCUT2D eigenvalue weighted by molar-refractivity contribution is -0.133. The molecule has 1 aliphatic heterocycles. The molecule has 0 spiro atoms. The second-order valence-electron chi connectivity index (χ2n) is 7.10. The third-order valence-electron chi connectivity index (χ3n) is 5.50. The van der Waals surface area contributed by atoms with E-state index >= 15 is 0 Å². The molecule has 2 aromatic carbocycles. The van der Waals surface area contributed by atoms with Crippen molar-refractivity contribution in [1.29, 1.82) is 0 Å². The smallest absolute Gasteiger partial charge is 0.242 e. The first-order valence-corrected chi connectivity index (χ1v) is 9.26. The van der Waals surface area contributed by atoms with Gasteiger partial charge < -0.3 is 4.74 Å². The Morgan fingerprint density at radius 2 is 2.00 bits per heavy atom. The number of amides is 1. The van der Waals surface area contributed by atoms with Crippen molar-refractivity contribution in [2.45, 2.75) is 39.2 Å². The van der Waals surface area contributed by atoms with Crippen molar-refractivity contribution in [3.05, 3.63) is 64.7 Å². The Morgan fingerprint density at radius 1 is 1.23 bits per heavy atom. The Balaban J connectivity index is 1.78. The van der Waals surface area contributed by atoms with Crippen LogP contribution in [-0.4, -0.2) is 23.7 Å². The number of nitrogens with zero attached hydrogens (tertiary/aromatic N) is 2. The van der Waals surface area contributed by atoms with Crippen molar-refractivity contribution in [2.24, 2.45) is 11.0 Å². The molecule has 1 heterocycles. The Bertz CT molecular complexity index is 870. The van der Waals surface area contributed by atoms with Crippen molar-refractivity contribution in [1.82, 2.24) is 5.01 Å². The number of carbonyl (C=O) groups excluding carboxylic acids is 1. The monoisotopic (exact) mass is 348 g/mol. The minimum Gasteiger partial charge on any atom is -0.497 e. The quantitative estimate of drug-likeness (QED) is 0.831. The lowest BCUT2D eigenvalue weighted by Gasteiger charge is -2.29. The van der Waals surface area contributed by atoms with Gasteiger partial charge in [0.05, 0.1) is 18.9 Å². The molecule has 0 saturated carbocycles. The highest BCUT2D eigenvalue weighted by atomic mass is 16.5. The van der Waals surface area contributed by atoms with Crippen LogP contribution in [0, 0.1) is 12.8 Å². The molecule has 0 saturated heterocycles. The van der Waals surface area contributed by atoms with Gasteiger partial charge in [0, 0.05) is 17.9 Å². The van der Waals surface area contributed by atoms with E-state index in [0.29, 0.717) is 6.42 Å². The van der Waals surface area contributed by atoms with E-state index < -0.39 is 0 Å². The van der Waals surface area contributed by atoms with E-state index in [9.17, 15) is 4.79 Å². The van der Waals surface area contributed by atoms with Crippen molar-refractivity contribution in [3.63, 3.8) is 0 Å². The molecule has 26 heavy (non-hydrogen) atoms. The van der Waals surface area contributed by atoms with E-state index in [0.717, 1.165) is 35.4 Å². The predicted molar refractivity (Wildman–Crippen MR) is 102 cm³/mol. The van der Waals surface area contributed by atoms with Gasteiger partial charge in [-0.3, -0.25) is 4.79 Å². The Labute approximate surface area is 154 Å². The highest BCUT2D eigenvalue weighted by Crippen LogP contribution is 2.44. The summed E-state index contributed by atoms with van der Waals surface area (Å²) < 4.78 is 5.37. The molecule has 1 amide bonds. The van der Waals surface area contributed by atoms with E-state index in [1.807, 2.05) is 13.0 Å². The summed E-state index contributed by atoms with van der Waals surface area (Å²) in [5.74, 6) is 1.19. The lowest BCUT2D eigenvalue weighted by Crippen LogP contribution is -2.31. The van der Waals surface area contributed by atoms with Crippen LogP contribution in [0.15, 0.2) is 47.6 Å². The van der Waals surface area contributed by atoms with Crippen molar-refractivity contribution in [3.8, 4) is 5.75 Å². The Kier molecular flexibility index (Phi) is 4.27. The number of methoxy groups -OCH3 is 1. The zero-order valence-corrected chi connectivity index (χ0v) is 15.5. The molecule has 0 radical (unpaired) electrons. The second-order valence-corrected chi connectivity index (χ2v) is 7.10. The summed E-state index contributed by atoms with van der Waals surface area (Å²) in [6.45, 7) is 3.98. The van der Waals surface area contributed by atoms with E-state index in [-0.39, 0.29) is 17.9 Å². The average molecular weight is 348 g/mol. The maximum atomic E-state index is 12.6. The maximum absolute atomic E-state index is 12.6. The van der Waals surface area contributed by atoms with Crippen molar-refractivity contribution >= 4 is 11.6 Å². The van der Waals surface area contributed by atoms with Gasteiger partial charge in [-0.1, -0.05) is 36.8 Å². The van der Waals surface area contributed by atoms with Gasteiger partial charge in [-0.25, -0.2) is 5.01 Å². The van der Waals surface area contributed by atoms with Gasteiger partial charge in [0.1, 0.15) is 5.75 Å². The molecule has 4 nitrogen and oxygen atoms in total. The number of hydrogen-bond acceptors (Lipinski definition) is 3. The molecule has 134 valence electrons. The predicted octanol–water partition coefficient (Wildman–Crippen LogP) is 4.26. The summed E-state index contributed by atoms with van der Waals surface area (Å²) in [6, 6.07) is 14.7. The average Bonchev–Trinajstić information content (AvgIpc) is 3.07. The van der Waals surface area contributed by atoms with Crippen LogP contribution in [0.1, 0.15) is 48.1 Å². The minimum absolute atomic E-state index is 0.00620. The van der Waals surface area contributed by atoms with Gasteiger partial charge in [0.2, 0.25) is 5.91 Å². The zero-order chi connectivity index (χ0) is 18.3. The fourth-order valence-electron chi connectivity index (χ4n) is 4.10. The number of aryl methyl sites for hydroxylation is 2. The van der Waals surface area contributed by atoms with Crippen LogP contribution in [0.3, 0.4) is 0 Å². The number of rotatable bonds is 3. The van der Waals surface area contributed by atoms with E-state index in [4.69, 9.17) is 9.84 Å². The molecule has 4 heteroatoms. The number of benzene rings is 2. The maximum Gasteiger partial charge on any atom is 0.242 e. The highest BCUT2D eigenvalue weighted by Gasteiger charge is 2.43. The van der Waals surface area contributed by atoms with Gasteiger partial charge in [-0.05, 0) is 49.1 Å². The van der Waals surface area contributed by atoms with Gasteiger partial charge in [0.25, 0.3) is 0 Å². The van der Waals surface area contributed by atoms with E-state index in [2.05, 4.69) is 43.3 Å². The number of fused-ring (bicyclic) bond motifs is 3.